The van der Waals surface area contributed by atoms with E-state index in [1.807, 2.05) is 0 Å². The van der Waals surface area contributed by atoms with Crippen LogP contribution in [0.4, 0.5) is 14.5 Å². The second-order valence-corrected chi connectivity index (χ2v) is 5.54. The SMILES string of the molecule is CC(=O)N(CCN1CCOCC1)CC(=O)Nc1c(F)cccc1F. The number of para-hydroxylation sites is 1. The van der Waals surface area contributed by atoms with Crippen LogP contribution in [0.5, 0.6) is 0 Å². The number of halogens is 2. The molecule has 1 saturated heterocycles. The first-order chi connectivity index (χ1) is 11.5. The molecule has 132 valence electrons. The van der Waals surface area contributed by atoms with Gasteiger partial charge in [0.15, 0.2) is 0 Å². The summed E-state index contributed by atoms with van der Waals surface area (Å²) >= 11 is 0. The minimum Gasteiger partial charge on any atom is -0.379 e. The van der Waals surface area contributed by atoms with Gasteiger partial charge >= 0.3 is 0 Å². The van der Waals surface area contributed by atoms with E-state index >= 15 is 0 Å². The van der Waals surface area contributed by atoms with E-state index in [0.717, 1.165) is 25.2 Å². The zero-order chi connectivity index (χ0) is 17.5. The van der Waals surface area contributed by atoms with Crippen LogP contribution in [0, 0.1) is 11.6 Å². The van der Waals surface area contributed by atoms with Crippen molar-refractivity contribution >= 4 is 17.5 Å². The minimum atomic E-state index is -0.856. The van der Waals surface area contributed by atoms with Crippen molar-refractivity contribution in [2.45, 2.75) is 6.92 Å². The van der Waals surface area contributed by atoms with Crippen molar-refractivity contribution in [2.75, 3.05) is 51.3 Å². The van der Waals surface area contributed by atoms with Crippen molar-refractivity contribution in [1.82, 2.24) is 9.80 Å². The molecule has 1 aromatic rings. The van der Waals surface area contributed by atoms with E-state index in [4.69, 9.17) is 4.74 Å². The Bertz CT molecular complexity index is 572. The number of ether oxygens (including phenoxy) is 1. The monoisotopic (exact) mass is 341 g/mol. The number of hydrogen-bond acceptors (Lipinski definition) is 4. The van der Waals surface area contributed by atoms with Gasteiger partial charge in [0.1, 0.15) is 17.3 Å². The second kappa shape index (κ2) is 8.70. The lowest BCUT2D eigenvalue weighted by molar-refractivity contribution is -0.133. The van der Waals surface area contributed by atoms with Crippen molar-refractivity contribution in [3.05, 3.63) is 29.8 Å². The van der Waals surface area contributed by atoms with Crippen LogP contribution < -0.4 is 5.32 Å². The molecule has 0 aromatic heterocycles. The maximum absolute atomic E-state index is 13.5. The van der Waals surface area contributed by atoms with Crippen LogP contribution in [0.15, 0.2) is 18.2 Å². The van der Waals surface area contributed by atoms with Crippen LogP contribution in [0.1, 0.15) is 6.92 Å². The van der Waals surface area contributed by atoms with Gasteiger partial charge in [-0.2, -0.15) is 0 Å². The van der Waals surface area contributed by atoms with Crippen LogP contribution >= 0.6 is 0 Å². The predicted molar refractivity (Wildman–Crippen MR) is 84.5 cm³/mol. The standard InChI is InChI=1S/C16H21F2N3O3/c1-12(22)21(6-5-20-7-9-24-10-8-20)11-15(23)19-16-13(17)3-2-4-14(16)18/h2-4H,5-11H2,1H3,(H,19,23). The van der Waals surface area contributed by atoms with Gasteiger partial charge in [-0.15, -0.1) is 0 Å². The van der Waals surface area contributed by atoms with Crippen molar-refractivity contribution in [1.29, 1.82) is 0 Å². The molecule has 24 heavy (non-hydrogen) atoms. The Labute approximate surface area is 139 Å². The average molecular weight is 341 g/mol. The largest absolute Gasteiger partial charge is 0.379 e. The quantitative estimate of drug-likeness (QED) is 0.841. The van der Waals surface area contributed by atoms with Crippen molar-refractivity contribution in [2.24, 2.45) is 0 Å². The molecule has 0 atom stereocenters. The van der Waals surface area contributed by atoms with Gasteiger partial charge in [0.05, 0.1) is 19.8 Å². The van der Waals surface area contributed by atoms with Gasteiger partial charge in [0, 0.05) is 33.1 Å². The molecule has 1 heterocycles. The van der Waals surface area contributed by atoms with Gasteiger partial charge < -0.3 is 15.0 Å². The molecule has 2 rings (SSSR count). The number of amides is 2. The molecule has 2 amide bonds. The normalized spacial score (nSPS) is 15.1. The number of carbonyl (C=O) groups excluding carboxylic acids is 2. The molecule has 1 N–H and O–H groups in total. The van der Waals surface area contributed by atoms with E-state index in [1.165, 1.54) is 17.9 Å². The zero-order valence-electron chi connectivity index (χ0n) is 13.6. The molecule has 1 aliphatic heterocycles. The maximum atomic E-state index is 13.5. The zero-order valence-corrected chi connectivity index (χ0v) is 13.6. The summed E-state index contributed by atoms with van der Waals surface area (Å²) in [4.78, 5) is 27.2. The summed E-state index contributed by atoms with van der Waals surface area (Å²) in [5.41, 5.74) is -0.501. The van der Waals surface area contributed by atoms with Crippen molar-refractivity contribution in [3.63, 3.8) is 0 Å². The van der Waals surface area contributed by atoms with E-state index in [2.05, 4.69) is 10.2 Å². The molecular formula is C16H21F2N3O3. The molecule has 8 heteroatoms. The van der Waals surface area contributed by atoms with Gasteiger partial charge in [-0.25, -0.2) is 8.78 Å². The summed E-state index contributed by atoms with van der Waals surface area (Å²) in [5, 5.41) is 2.19. The summed E-state index contributed by atoms with van der Waals surface area (Å²) in [5.74, 6) is -2.62. The van der Waals surface area contributed by atoms with E-state index in [1.54, 1.807) is 0 Å². The molecule has 0 bridgehead atoms. The molecule has 0 aliphatic carbocycles. The molecule has 0 unspecified atom stereocenters. The van der Waals surface area contributed by atoms with Gasteiger partial charge in [-0.3, -0.25) is 14.5 Å². The van der Waals surface area contributed by atoms with Gasteiger partial charge in [-0.05, 0) is 12.1 Å². The summed E-state index contributed by atoms with van der Waals surface area (Å²) in [6.07, 6.45) is 0. The highest BCUT2D eigenvalue weighted by atomic mass is 19.1. The Hall–Kier alpha value is -2.06. The number of carbonyl (C=O) groups is 2. The molecule has 6 nitrogen and oxygen atoms in total. The van der Waals surface area contributed by atoms with E-state index in [0.29, 0.717) is 26.3 Å². The Balaban J connectivity index is 1.89. The number of morpholine rings is 1. The van der Waals surface area contributed by atoms with E-state index in [-0.39, 0.29) is 12.5 Å². The summed E-state index contributed by atoms with van der Waals surface area (Å²) in [6, 6.07) is 3.32. The minimum absolute atomic E-state index is 0.257. The summed E-state index contributed by atoms with van der Waals surface area (Å²) < 4.78 is 32.3. The number of nitrogens with zero attached hydrogens (tertiary/aromatic N) is 2. The Morgan fingerprint density at radius 3 is 2.46 bits per heavy atom. The maximum Gasteiger partial charge on any atom is 0.244 e. The lowest BCUT2D eigenvalue weighted by Crippen LogP contribution is -2.44. The highest BCUT2D eigenvalue weighted by Crippen LogP contribution is 2.17. The number of benzene rings is 1. The topological polar surface area (TPSA) is 61.9 Å². The molecule has 0 saturated carbocycles. The number of nitrogens with one attached hydrogen (secondary N) is 1. The molecule has 1 aromatic carbocycles. The average Bonchev–Trinajstić information content (AvgIpc) is 2.55. The molecule has 1 fully saturated rings. The van der Waals surface area contributed by atoms with Crippen molar-refractivity contribution in [3.8, 4) is 0 Å². The highest BCUT2D eigenvalue weighted by Gasteiger charge is 2.18. The van der Waals surface area contributed by atoms with Crippen molar-refractivity contribution < 1.29 is 23.1 Å². The third kappa shape index (κ3) is 5.24. The number of rotatable bonds is 6. The Kier molecular flexibility index (Phi) is 6.62. The van der Waals surface area contributed by atoms with Crippen LogP contribution in [0.2, 0.25) is 0 Å². The van der Waals surface area contributed by atoms with Crippen LogP contribution in [0.3, 0.4) is 0 Å². The highest BCUT2D eigenvalue weighted by molar-refractivity contribution is 5.94. The van der Waals surface area contributed by atoms with Gasteiger partial charge in [0.2, 0.25) is 11.8 Å². The van der Waals surface area contributed by atoms with Crippen LogP contribution in [0.25, 0.3) is 0 Å². The number of hydrogen-bond donors (Lipinski definition) is 1. The third-order valence-electron chi connectivity index (χ3n) is 3.80. The number of anilines is 1. The first-order valence-electron chi connectivity index (χ1n) is 7.77. The third-order valence-corrected chi connectivity index (χ3v) is 3.80. The summed E-state index contributed by atoms with van der Waals surface area (Å²) in [7, 11) is 0. The van der Waals surface area contributed by atoms with E-state index in [9.17, 15) is 18.4 Å². The van der Waals surface area contributed by atoms with Crippen LogP contribution in [-0.4, -0.2) is 67.6 Å². The fraction of sp³-hybridized carbons (Fsp3) is 0.500. The predicted octanol–water partition coefficient (Wildman–Crippen LogP) is 1.08. The second-order valence-electron chi connectivity index (χ2n) is 5.54. The van der Waals surface area contributed by atoms with E-state index < -0.39 is 23.2 Å². The molecular weight excluding hydrogens is 320 g/mol. The fourth-order valence-corrected chi connectivity index (χ4v) is 2.40. The summed E-state index contributed by atoms with van der Waals surface area (Å²) in [6.45, 7) is 4.92. The first kappa shape index (κ1) is 18.3. The smallest absolute Gasteiger partial charge is 0.244 e. The molecule has 1 aliphatic rings. The lowest BCUT2D eigenvalue weighted by Gasteiger charge is -2.29. The first-order valence-corrected chi connectivity index (χ1v) is 7.77. The van der Waals surface area contributed by atoms with Gasteiger partial charge in [-0.1, -0.05) is 6.07 Å². The fourth-order valence-electron chi connectivity index (χ4n) is 2.40. The van der Waals surface area contributed by atoms with Gasteiger partial charge in [0.25, 0.3) is 0 Å². The Morgan fingerprint density at radius 1 is 1.25 bits per heavy atom. The lowest BCUT2D eigenvalue weighted by atomic mass is 10.3. The Morgan fingerprint density at radius 2 is 1.88 bits per heavy atom. The van der Waals surface area contributed by atoms with Crippen LogP contribution in [-0.2, 0) is 14.3 Å². The molecule has 0 radical (unpaired) electrons. The molecule has 0 spiro atoms.